The molecule has 138 valence electrons. The Kier molecular flexibility index (Phi) is 5.02. The van der Waals surface area contributed by atoms with E-state index >= 15 is 0 Å². The molecule has 2 aliphatic rings. The number of amides is 2. The van der Waals surface area contributed by atoms with Gasteiger partial charge in [0.1, 0.15) is 5.82 Å². The van der Waals surface area contributed by atoms with Gasteiger partial charge in [-0.2, -0.15) is 4.31 Å². The molecule has 1 atom stereocenters. The zero-order chi connectivity index (χ0) is 18.1. The Balaban J connectivity index is 1.66. The molecule has 8 heteroatoms. The SMILES string of the molecule is CS(=O)(=O)N1CCCC12CCCN(C(=O)NCc1cccc(F)c1)C2. The van der Waals surface area contributed by atoms with E-state index in [0.717, 1.165) is 25.7 Å². The Morgan fingerprint density at radius 2 is 2.00 bits per heavy atom. The van der Waals surface area contributed by atoms with E-state index in [-0.39, 0.29) is 18.4 Å². The monoisotopic (exact) mass is 369 g/mol. The molecule has 0 aliphatic carbocycles. The average molecular weight is 369 g/mol. The average Bonchev–Trinajstić information content (AvgIpc) is 2.96. The van der Waals surface area contributed by atoms with Crippen LogP contribution in [0.15, 0.2) is 24.3 Å². The molecule has 3 rings (SSSR count). The van der Waals surface area contributed by atoms with Crippen LogP contribution in [0.1, 0.15) is 31.2 Å². The van der Waals surface area contributed by atoms with Gasteiger partial charge in [0.15, 0.2) is 0 Å². The fourth-order valence-corrected chi connectivity index (χ4v) is 5.47. The summed E-state index contributed by atoms with van der Waals surface area (Å²) in [6.07, 6.45) is 4.41. The molecule has 1 aromatic carbocycles. The first-order chi connectivity index (χ1) is 11.8. The number of hydrogen-bond donors (Lipinski definition) is 1. The number of piperidine rings is 1. The van der Waals surface area contributed by atoms with Crippen molar-refractivity contribution < 1.29 is 17.6 Å². The highest BCUT2D eigenvalue weighted by atomic mass is 32.2. The number of rotatable bonds is 3. The molecule has 6 nitrogen and oxygen atoms in total. The van der Waals surface area contributed by atoms with Crippen molar-refractivity contribution in [2.45, 2.75) is 37.8 Å². The number of halogens is 1. The Morgan fingerprint density at radius 3 is 2.68 bits per heavy atom. The van der Waals surface area contributed by atoms with Gasteiger partial charge in [0.2, 0.25) is 10.0 Å². The summed E-state index contributed by atoms with van der Waals surface area (Å²) < 4.78 is 39.0. The van der Waals surface area contributed by atoms with Crippen molar-refractivity contribution in [1.82, 2.24) is 14.5 Å². The number of nitrogens with one attached hydrogen (secondary N) is 1. The molecule has 2 saturated heterocycles. The lowest BCUT2D eigenvalue weighted by molar-refractivity contribution is 0.103. The van der Waals surface area contributed by atoms with Crippen molar-refractivity contribution in [2.75, 3.05) is 25.9 Å². The number of hydrogen-bond acceptors (Lipinski definition) is 3. The van der Waals surface area contributed by atoms with E-state index in [4.69, 9.17) is 0 Å². The van der Waals surface area contributed by atoms with Gasteiger partial charge in [-0.05, 0) is 43.4 Å². The van der Waals surface area contributed by atoms with Gasteiger partial charge in [-0.25, -0.2) is 17.6 Å². The third kappa shape index (κ3) is 3.95. The van der Waals surface area contributed by atoms with Crippen LogP contribution in [0.2, 0.25) is 0 Å². The molecule has 2 amide bonds. The molecular weight excluding hydrogens is 345 g/mol. The van der Waals surface area contributed by atoms with E-state index in [1.165, 1.54) is 18.4 Å². The highest BCUT2D eigenvalue weighted by Gasteiger charge is 2.48. The lowest BCUT2D eigenvalue weighted by Gasteiger charge is -2.44. The van der Waals surface area contributed by atoms with Crippen LogP contribution in [0.4, 0.5) is 9.18 Å². The van der Waals surface area contributed by atoms with Gasteiger partial charge < -0.3 is 10.2 Å². The Bertz CT molecular complexity index is 755. The van der Waals surface area contributed by atoms with E-state index in [1.54, 1.807) is 21.3 Å². The van der Waals surface area contributed by atoms with Crippen LogP contribution in [0.5, 0.6) is 0 Å². The van der Waals surface area contributed by atoms with Gasteiger partial charge in [-0.15, -0.1) is 0 Å². The number of sulfonamides is 1. The van der Waals surface area contributed by atoms with Gasteiger partial charge in [-0.1, -0.05) is 12.1 Å². The first-order valence-electron chi connectivity index (χ1n) is 8.55. The van der Waals surface area contributed by atoms with Crippen LogP contribution in [-0.2, 0) is 16.6 Å². The van der Waals surface area contributed by atoms with Gasteiger partial charge >= 0.3 is 6.03 Å². The van der Waals surface area contributed by atoms with Crippen LogP contribution in [0, 0.1) is 5.82 Å². The van der Waals surface area contributed by atoms with Crippen LogP contribution >= 0.6 is 0 Å². The van der Waals surface area contributed by atoms with Crippen LogP contribution in [0.25, 0.3) is 0 Å². The van der Waals surface area contributed by atoms with Crippen LogP contribution < -0.4 is 5.32 Å². The molecule has 25 heavy (non-hydrogen) atoms. The zero-order valence-corrected chi connectivity index (χ0v) is 15.2. The molecule has 2 aliphatic heterocycles. The van der Waals surface area contributed by atoms with Gasteiger partial charge in [0.25, 0.3) is 0 Å². The summed E-state index contributed by atoms with van der Waals surface area (Å²) in [6, 6.07) is 5.88. The molecular formula is C17H24FN3O3S. The van der Waals surface area contributed by atoms with E-state index in [0.29, 0.717) is 25.2 Å². The predicted octanol–water partition coefficient (Wildman–Crippen LogP) is 1.93. The van der Waals surface area contributed by atoms with Crippen LogP contribution in [-0.4, -0.2) is 55.1 Å². The first kappa shape index (κ1) is 18.1. The van der Waals surface area contributed by atoms with Gasteiger partial charge in [0.05, 0.1) is 11.8 Å². The minimum atomic E-state index is -3.29. The number of benzene rings is 1. The van der Waals surface area contributed by atoms with Crippen LogP contribution in [0.3, 0.4) is 0 Å². The lowest BCUT2D eigenvalue weighted by Crippen LogP contribution is -2.59. The third-order valence-corrected chi connectivity index (χ3v) is 6.48. The fraction of sp³-hybridized carbons (Fsp3) is 0.588. The number of carbonyl (C=O) groups is 1. The van der Waals surface area contributed by atoms with Gasteiger partial charge in [-0.3, -0.25) is 0 Å². The second-order valence-corrected chi connectivity index (χ2v) is 8.88. The first-order valence-corrected chi connectivity index (χ1v) is 10.4. The molecule has 1 spiro atoms. The van der Waals surface area contributed by atoms with Crippen molar-refractivity contribution in [3.8, 4) is 0 Å². The molecule has 1 unspecified atom stereocenters. The molecule has 0 radical (unpaired) electrons. The minimum Gasteiger partial charge on any atom is -0.334 e. The largest absolute Gasteiger partial charge is 0.334 e. The summed E-state index contributed by atoms with van der Waals surface area (Å²) in [7, 11) is -3.29. The van der Waals surface area contributed by atoms with Crippen molar-refractivity contribution in [1.29, 1.82) is 0 Å². The summed E-state index contributed by atoms with van der Waals surface area (Å²) in [4.78, 5) is 14.2. The normalized spacial score (nSPS) is 24.6. The molecule has 1 aromatic rings. The molecule has 0 bridgehead atoms. The maximum absolute atomic E-state index is 13.2. The Labute approximate surface area is 148 Å². The maximum Gasteiger partial charge on any atom is 0.317 e. The smallest absolute Gasteiger partial charge is 0.317 e. The predicted molar refractivity (Wildman–Crippen MR) is 93.0 cm³/mol. The highest BCUT2D eigenvalue weighted by molar-refractivity contribution is 7.88. The minimum absolute atomic E-state index is 0.233. The van der Waals surface area contributed by atoms with Crippen molar-refractivity contribution in [3.05, 3.63) is 35.6 Å². The van der Waals surface area contributed by atoms with E-state index < -0.39 is 15.6 Å². The molecule has 0 saturated carbocycles. The lowest BCUT2D eigenvalue weighted by atomic mass is 9.88. The molecule has 2 fully saturated rings. The summed E-state index contributed by atoms with van der Waals surface area (Å²) in [5.41, 5.74) is 0.223. The summed E-state index contributed by atoms with van der Waals surface area (Å²) in [5.74, 6) is -0.335. The number of carbonyl (C=O) groups excluding carboxylic acids is 1. The number of nitrogens with zero attached hydrogens (tertiary/aromatic N) is 2. The third-order valence-electron chi connectivity index (χ3n) is 5.11. The quantitative estimate of drug-likeness (QED) is 0.885. The van der Waals surface area contributed by atoms with Gasteiger partial charge in [0, 0.05) is 26.2 Å². The summed E-state index contributed by atoms with van der Waals surface area (Å²) in [6.45, 7) is 1.79. The molecule has 0 aromatic heterocycles. The summed E-state index contributed by atoms with van der Waals surface area (Å²) in [5, 5.41) is 2.81. The summed E-state index contributed by atoms with van der Waals surface area (Å²) >= 11 is 0. The Morgan fingerprint density at radius 1 is 1.28 bits per heavy atom. The number of urea groups is 1. The standard InChI is InChI=1S/C17H24FN3O3S/c1-25(23,24)21-10-4-8-17(21)7-3-9-20(13-17)16(22)19-12-14-5-2-6-15(18)11-14/h2,5-6,11H,3-4,7-10,12-13H2,1H3,(H,19,22). The van der Waals surface area contributed by atoms with Crippen molar-refractivity contribution >= 4 is 16.1 Å². The van der Waals surface area contributed by atoms with Crippen molar-refractivity contribution in [3.63, 3.8) is 0 Å². The number of likely N-dealkylation sites (tertiary alicyclic amines) is 1. The maximum atomic E-state index is 13.2. The highest BCUT2D eigenvalue weighted by Crippen LogP contribution is 2.38. The van der Waals surface area contributed by atoms with E-state index in [1.807, 2.05) is 0 Å². The topological polar surface area (TPSA) is 69.7 Å². The molecule has 1 N–H and O–H groups in total. The second kappa shape index (κ2) is 6.92. The Hall–Kier alpha value is -1.67. The fourth-order valence-electron chi connectivity index (χ4n) is 4.06. The zero-order valence-electron chi connectivity index (χ0n) is 14.4. The van der Waals surface area contributed by atoms with Crippen molar-refractivity contribution in [2.24, 2.45) is 0 Å². The molecule has 2 heterocycles. The second-order valence-electron chi connectivity index (χ2n) is 6.98. The van der Waals surface area contributed by atoms with E-state index in [9.17, 15) is 17.6 Å². The van der Waals surface area contributed by atoms with E-state index in [2.05, 4.69) is 5.32 Å².